The van der Waals surface area contributed by atoms with Crippen LogP contribution in [0.2, 0.25) is 0 Å². The Morgan fingerprint density at radius 1 is 0.727 bits per heavy atom. The highest BCUT2D eigenvalue weighted by atomic mass is 16.5. The van der Waals surface area contributed by atoms with Gasteiger partial charge in [-0.05, 0) is 30.5 Å². The van der Waals surface area contributed by atoms with E-state index in [1.807, 2.05) is 18.2 Å². The standard InChI is InChI=1S/C29H36N2O2/c1-32-28-18-10-6-14-24(28)20-30-26-16-8-9-17-27(26)31(21-23-12-4-3-5-13-23)22-25-15-7-11-19-29(25)33-2/h3-7,10-15,18-19,26-27,30H,8-9,16-17,20-22H2,1-2H3/t26-,27-/m1/s1. The number of para-hydroxylation sites is 2. The SMILES string of the molecule is COc1ccccc1CN[C@@H]1CCCC[C@H]1N(Cc1ccccc1)Cc1ccccc1OC. The number of benzene rings is 3. The van der Waals surface area contributed by atoms with E-state index in [1.165, 1.54) is 42.4 Å². The molecule has 1 aliphatic carbocycles. The van der Waals surface area contributed by atoms with E-state index in [0.717, 1.165) is 31.1 Å². The van der Waals surface area contributed by atoms with Gasteiger partial charge in [0, 0.05) is 42.8 Å². The van der Waals surface area contributed by atoms with Crippen molar-refractivity contribution in [3.8, 4) is 11.5 Å². The predicted octanol–water partition coefficient (Wildman–Crippen LogP) is 5.81. The number of nitrogens with one attached hydrogen (secondary N) is 1. The second-order valence-corrected chi connectivity index (χ2v) is 8.85. The largest absolute Gasteiger partial charge is 0.496 e. The molecule has 0 spiro atoms. The summed E-state index contributed by atoms with van der Waals surface area (Å²) in [6, 6.07) is 28.4. The quantitative estimate of drug-likeness (QED) is 0.428. The second kappa shape index (κ2) is 11.9. The highest BCUT2D eigenvalue weighted by Crippen LogP contribution is 2.29. The monoisotopic (exact) mass is 444 g/mol. The van der Waals surface area contributed by atoms with Gasteiger partial charge in [-0.1, -0.05) is 79.6 Å². The Labute approximate surface area is 198 Å². The summed E-state index contributed by atoms with van der Waals surface area (Å²) in [5, 5.41) is 3.89. The van der Waals surface area contributed by atoms with Gasteiger partial charge in [0.1, 0.15) is 11.5 Å². The molecule has 4 nitrogen and oxygen atoms in total. The van der Waals surface area contributed by atoms with Crippen molar-refractivity contribution >= 4 is 0 Å². The Hall–Kier alpha value is -2.82. The van der Waals surface area contributed by atoms with E-state index in [1.54, 1.807) is 14.2 Å². The van der Waals surface area contributed by atoms with Crippen LogP contribution in [-0.4, -0.2) is 31.2 Å². The van der Waals surface area contributed by atoms with Gasteiger partial charge in [0.05, 0.1) is 14.2 Å². The van der Waals surface area contributed by atoms with E-state index in [2.05, 4.69) is 70.9 Å². The lowest BCUT2D eigenvalue weighted by molar-refractivity contribution is 0.105. The summed E-state index contributed by atoms with van der Waals surface area (Å²) in [5.74, 6) is 1.91. The third-order valence-electron chi connectivity index (χ3n) is 6.74. The van der Waals surface area contributed by atoms with Gasteiger partial charge in [-0.2, -0.15) is 0 Å². The molecule has 4 heteroatoms. The Kier molecular flexibility index (Phi) is 8.40. The lowest BCUT2D eigenvalue weighted by Gasteiger charge is -2.41. The Balaban J connectivity index is 1.56. The fourth-order valence-electron chi connectivity index (χ4n) is 5.04. The third kappa shape index (κ3) is 6.16. The molecule has 2 atom stereocenters. The molecule has 0 bridgehead atoms. The van der Waals surface area contributed by atoms with Crippen LogP contribution < -0.4 is 14.8 Å². The van der Waals surface area contributed by atoms with E-state index < -0.39 is 0 Å². The minimum atomic E-state index is 0.432. The van der Waals surface area contributed by atoms with Gasteiger partial charge >= 0.3 is 0 Å². The van der Waals surface area contributed by atoms with Crippen molar-refractivity contribution in [3.63, 3.8) is 0 Å². The fraction of sp³-hybridized carbons (Fsp3) is 0.379. The van der Waals surface area contributed by atoms with Gasteiger partial charge in [-0.3, -0.25) is 4.90 Å². The van der Waals surface area contributed by atoms with Gasteiger partial charge in [0.25, 0.3) is 0 Å². The molecule has 1 saturated carbocycles. The molecule has 0 saturated heterocycles. The van der Waals surface area contributed by atoms with Crippen LogP contribution in [0.25, 0.3) is 0 Å². The van der Waals surface area contributed by atoms with E-state index >= 15 is 0 Å². The van der Waals surface area contributed by atoms with Crippen LogP contribution in [0.5, 0.6) is 11.5 Å². The van der Waals surface area contributed by atoms with Gasteiger partial charge in [-0.15, -0.1) is 0 Å². The molecule has 0 aliphatic heterocycles. The van der Waals surface area contributed by atoms with Crippen LogP contribution in [0.3, 0.4) is 0 Å². The van der Waals surface area contributed by atoms with Crippen molar-refractivity contribution in [2.45, 2.75) is 57.4 Å². The summed E-state index contributed by atoms with van der Waals surface area (Å²) in [7, 11) is 3.51. The highest BCUT2D eigenvalue weighted by Gasteiger charge is 2.30. The summed E-state index contributed by atoms with van der Waals surface area (Å²) < 4.78 is 11.3. The van der Waals surface area contributed by atoms with Crippen molar-refractivity contribution in [1.82, 2.24) is 10.2 Å². The van der Waals surface area contributed by atoms with Crippen molar-refractivity contribution in [2.75, 3.05) is 14.2 Å². The predicted molar refractivity (Wildman–Crippen MR) is 135 cm³/mol. The van der Waals surface area contributed by atoms with Gasteiger partial charge in [-0.25, -0.2) is 0 Å². The summed E-state index contributed by atoms with van der Waals surface area (Å²) in [5.41, 5.74) is 3.80. The molecule has 4 rings (SSSR count). The summed E-state index contributed by atoms with van der Waals surface area (Å²) >= 11 is 0. The van der Waals surface area contributed by atoms with Crippen LogP contribution in [0.15, 0.2) is 78.9 Å². The zero-order valence-electron chi connectivity index (χ0n) is 19.9. The van der Waals surface area contributed by atoms with Gasteiger partial charge in [0.2, 0.25) is 0 Å². The molecular weight excluding hydrogens is 408 g/mol. The topological polar surface area (TPSA) is 33.7 Å². The molecular formula is C29H36N2O2. The first-order valence-corrected chi connectivity index (χ1v) is 12.0. The molecule has 1 fully saturated rings. The first kappa shape index (κ1) is 23.3. The normalized spacial score (nSPS) is 18.3. The van der Waals surface area contributed by atoms with E-state index in [4.69, 9.17) is 9.47 Å². The average molecular weight is 445 g/mol. The molecule has 3 aromatic carbocycles. The maximum Gasteiger partial charge on any atom is 0.123 e. The van der Waals surface area contributed by atoms with E-state index in [9.17, 15) is 0 Å². The smallest absolute Gasteiger partial charge is 0.123 e. The molecule has 0 aromatic heterocycles. The molecule has 33 heavy (non-hydrogen) atoms. The lowest BCUT2D eigenvalue weighted by atomic mass is 9.88. The zero-order chi connectivity index (χ0) is 22.9. The van der Waals surface area contributed by atoms with Crippen LogP contribution >= 0.6 is 0 Å². The van der Waals surface area contributed by atoms with Crippen LogP contribution in [-0.2, 0) is 19.6 Å². The van der Waals surface area contributed by atoms with Crippen LogP contribution in [0.1, 0.15) is 42.4 Å². The van der Waals surface area contributed by atoms with Crippen molar-refractivity contribution in [1.29, 1.82) is 0 Å². The molecule has 0 radical (unpaired) electrons. The second-order valence-electron chi connectivity index (χ2n) is 8.85. The zero-order valence-corrected chi connectivity index (χ0v) is 19.9. The van der Waals surface area contributed by atoms with Gasteiger partial charge in [0.15, 0.2) is 0 Å². The number of nitrogens with zero attached hydrogens (tertiary/aromatic N) is 1. The van der Waals surface area contributed by atoms with Crippen LogP contribution in [0, 0.1) is 0 Å². The fourth-order valence-corrected chi connectivity index (χ4v) is 5.04. The van der Waals surface area contributed by atoms with Gasteiger partial charge < -0.3 is 14.8 Å². The lowest BCUT2D eigenvalue weighted by Crippen LogP contribution is -2.51. The van der Waals surface area contributed by atoms with Crippen molar-refractivity contribution in [3.05, 3.63) is 95.6 Å². The third-order valence-corrected chi connectivity index (χ3v) is 6.74. The average Bonchev–Trinajstić information content (AvgIpc) is 2.88. The highest BCUT2D eigenvalue weighted by molar-refractivity contribution is 5.34. The number of hydrogen-bond donors (Lipinski definition) is 1. The number of ether oxygens (including phenoxy) is 2. The molecule has 3 aromatic rings. The Bertz CT molecular complexity index is 992. The van der Waals surface area contributed by atoms with Crippen molar-refractivity contribution < 1.29 is 9.47 Å². The molecule has 1 N–H and O–H groups in total. The Morgan fingerprint density at radius 2 is 1.33 bits per heavy atom. The molecule has 1 aliphatic rings. The summed E-state index contributed by atoms with van der Waals surface area (Å²) in [6.45, 7) is 2.62. The number of rotatable bonds is 10. The minimum Gasteiger partial charge on any atom is -0.496 e. The molecule has 0 unspecified atom stereocenters. The Morgan fingerprint density at radius 3 is 2.06 bits per heavy atom. The van der Waals surface area contributed by atoms with Crippen molar-refractivity contribution in [2.24, 2.45) is 0 Å². The maximum absolute atomic E-state index is 5.69. The maximum atomic E-state index is 5.69. The molecule has 0 heterocycles. The number of hydrogen-bond acceptors (Lipinski definition) is 4. The van der Waals surface area contributed by atoms with E-state index in [0.29, 0.717) is 12.1 Å². The van der Waals surface area contributed by atoms with Crippen LogP contribution in [0.4, 0.5) is 0 Å². The summed E-state index contributed by atoms with van der Waals surface area (Å²) in [4.78, 5) is 2.65. The first-order chi connectivity index (χ1) is 16.3. The minimum absolute atomic E-state index is 0.432. The summed E-state index contributed by atoms with van der Waals surface area (Å²) in [6.07, 6.45) is 4.94. The number of methoxy groups -OCH3 is 2. The molecule has 174 valence electrons. The van der Waals surface area contributed by atoms with E-state index in [-0.39, 0.29) is 0 Å². The first-order valence-electron chi connectivity index (χ1n) is 12.0. The molecule has 0 amide bonds.